The minimum absolute atomic E-state index is 0.00681. The Morgan fingerprint density at radius 1 is 1.12 bits per heavy atom. The fraction of sp³-hybridized carbons (Fsp3) is 0.765. The highest BCUT2D eigenvalue weighted by molar-refractivity contribution is 6.08. The molecule has 9 nitrogen and oxygen atoms in total. The van der Waals surface area contributed by atoms with E-state index in [9.17, 15) is 19.2 Å². The molecule has 0 spiro atoms. The fourth-order valence-electron chi connectivity index (χ4n) is 3.56. The fourth-order valence-corrected chi connectivity index (χ4v) is 3.56. The van der Waals surface area contributed by atoms with Gasteiger partial charge in [-0.25, -0.2) is 4.79 Å². The van der Waals surface area contributed by atoms with Crippen LogP contribution in [0.4, 0.5) is 4.79 Å². The zero-order valence-electron chi connectivity index (χ0n) is 15.3. The van der Waals surface area contributed by atoms with Crippen LogP contribution in [0.15, 0.2) is 0 Å². The third-order valence-electron chi connectivity index (χ3n) is 5.10. The Morgan fingerprint density at radius 3 is 2.42 bits per heavy atom. The predicted octanol–water partition coefficient (Wildman–Crippen LogP) is -0.443. The molecule has 3 aliphatic heterocycles. The van der Waals surface area contributed by atoms with Gasteiger partial charge >= 0.3 is 6.03 Å². The third kappa shape index (κ3) is 3.67. The Hall–Kier alpha value is -2.16. The smallest absolute Gasteiger partial charge is 0.325 e. The van der Waals surface area contributed by atoms with Crippen molar-refractivity contribution in [3.05, 3.63) is 0 Å². The predicted molar refractivity (Wildman–Crippen MR) is 91.1 cm³/mol. The van der Waals surface area contributed by atoms with Crippen LogP contribution >= 0.6 is 0 Å². The molecule has 3 fully saturated rings. The zero-order valence-corrected chi connectivity index (χ0v) is 15.3. The van der Waals surface area contributed by atoms with E-state index >= 15 is 0 Å². The molecule has 0 aromatic rings. The Balaban J connectivity index is 1.55. The van der Waals surface area contributed by atoms with Gasteiger partial charge in [0.25, 0.3) is 11.8 Å². The highest BCUT2D eigenvalue weighted by Crippen LogP contribution is 2.18. The minimum Gasteiger partial charge on any atom is -0.368 e. The van der Waals surface area contributed by atoms with Crippen LogP contribution in [0.2, 0.25) is 0 Å². The van der Waals surface area contributed by atoms with Crippen LogP contribution < -0.4 is 5.32 Å². The number of amides is 5. The zero-order chi connectivity index (χ0) is 18.9. The van der Waals surface area contributed by atoms with Crippen molar-refractivity contribution < 1.29 is 23.9 Å². The standard InChI is InChI=1S/C17H26N4O5/c1-17(2)15(24)21(16(25)18-17)11-13(22)19-6-4-7-20(9-8-19)14(23)12-5-3-10-26-12/h12H,3-11H2,1-2H3,(H,18,25). The maximum absolute atomic E-state index is 12.6. The summed E-state index contributed by atoms with van der Waals surface area (Å²) in [6.07, 6.45) is 1.96. The van der Waals surface area contributed by atoms with Crippen LogP contribution in [-0.2, 0) is 19.1 Å². The molecule has 0 aromatic heterocycles. The molecule has 1 atom stereocenters. The molecule has 5 amide bonds. The summed E-state index contributed by atoms with van der Waals surface area (Å²) in [6, 6.07) is -0.543. The van der Waals surface area contributed by atoms with Gasteiger partial charge in [0.05, 0.1) is 0 Å². The molecule has 1 N–H and O–H groups in total. The van der Waals surface area contributed by atoms with Crippen molar-refractivity contribution in [2.24, 2.45) is 0 Å². The molecule has 144 valence electrons. The number of hydrogen-bond acceptors (Lipinski definition) is 5. The number of ether oxygens (including phenoxy) is 1. The SMILES string of the molecule is CC1(C)NC(=O)N(CC(=O)N2CCCN(C(=O)C3CCCO3)CC2)C1=O. The van der Waals surface area contributed by atoms with E-state index in [-0.39, 0.29) is 24.5 Å². The summed E-state index contributed by atoms with van der Waals surface area (Å²) in [5.41, 5.74) is -0.985. The normalized spacial score (nSPS) is 26.1. The van der Waals surface area contributed by atoms with Crippen molar-refractivity contribution in [1.82, 2.24) is 20.0 Å². The van der Waals surface area contributed by atoms with Crippen LogP contribution in [0, 0.1) is 0 Å². The van der Waals surface area contributed by atoms with Gasteiger partial charge in [0.15, 0.2) is 0 Å². The molecule has 0 radical (unpaired) electrons. The second kappa shape index (κ2) is 7.22. The van der Waals surface area contributed by atoms with Gasteiger partial charge in [-0.15, -0.1) is 0 Å². The van der Waals surface area contributed by atoms with Crippen LogP contribution in [0.5, 0.6) is 0 Å². The molecule has 3 rings (SSSR count). The lowest BCUT2D eigenvalue weighted by Gasteiger charge is -2.25. The summed E-state index contributed by atoms with van der Waals surface area (Å²) in [7, 11) is 0. The minimum atomic E-state index is -0.985. The number of nitrogens with zero attached hydrogens (tertiary/aromatic N) is 3. The van der Waals surface area contributed by atoms with Gasteiger partial charge < -0.3 is 19.9 Å². The van der Waals surface area contributed by atoms with Gasteiger partial charge in [-0.1, -0.05) is 0 Å². The first-order valence-corrected chi connectivity index (χ1v) is 9.12. The number of carbonyl (C=O) groups excluding carboxylic acids is 4. The van der Waals surface area contributed by atoms with Gasteiger partial charge in [0, 0.05) is 32.8 Å². The first kappa shape index (κ1) is 18.6. The van der Waals surface area contributed by atoms with E-state index in [0.717, 1.165) is 17.7 Å². The maximum atomic E-state index is 12.6. The molecule has 0 bridgehead atoms. The van der Waals surface area contributed by atoms with Crippen molar-refractivity contribution in [1.29, 1.82) is 0 Å². The van der Waals surface area contributed by atoms with Gasteiger partial charge in [-0.05, 0) is 33.1 Å². The summed E-state index contributed by atoms with van der Waals surface area (Å²) < 4.78 is 5.45. The first-order valence-electron chi connectivity index (χ1n) is 9.12. The maximum Gasteiger partial charge on any atom is 0.325 e. The Morgan fingerprint density at radius 2 is 1.81 bits per heavy atom. The summed E-state index contributed by atoms with van der Waals surface area (Å²) in [5.74, 6) is -0.689. The highest BCUT2D eigenvalue weighted by Gasteiger charge is 2.45. The lowest BCUT2D eigenvalue weighted by Crippen LogP contribution is -2.46. The summed E-state index contributed by atoms with van der Waals surface area (Å²) in [5, 5.41) is 2.57. The van der Waals surface area contributed by atoms with Crippen molar-refractivity contribution in [3.63, 3.8) is 0 Å². The number of imide groups is 1. The summed E-state index contributed by atoms with van der Waals surface area (Å²) in [6.45, 7) is 5.49. The number of hydrogen-bond donors (Lipinski definition) is 1. The van der Waals surface area contributed by atoms with E-state index in [1.165, 1.54) is 0 Å². The van der Waals surface area contributed by atoms with Crippen molar-refractivity contribution >= 4 is 23.8 Å². The molecule has 0 aliphatic carbocycles. The van der Waals surface area contributed by atoms with Crippen molar-refractivity contribution in [3.8, 4) is 0 Å². The molecule has 3 heterocycles. The van der Waals surface area contributed by atoms with Crippen LogP contribution in [-0.4, -0.2) is 89.4 Å². The highest BCUT2D eigenvalue weighted by atomic mass is 16.5. The van der Waals surface area contributed by atoms with Crippen molar-refractivity contribution in [2.45, 2.75) is 44.8 Å². The van der Waals surface area contributed by atoms with Gasteiger partial charge in [0.1, 0.15) is 18.2 Å². The molecule has 0 aromatic carbocycles. The van der Waals surface area contributed by atoms with Crippen LogP contribution in [0.1, 0.15) is 33.1 Å². The second-order valence-corrected chi connectivity index (χ2v) is 7.51. The van der Waals surface area contributed by atoms with Gasteiger partial charge in [-0.3, -0.25) is 19.3 Å². The first-order chi connectivity index (χ1) is 12.3. The Kier molecular flexibility index (Phi) is 5.17. The lowest BCUT2D eigenvalue weighted by atomic mass is 10.1. The number of urea groups is 1. The quantitative estimate of drug-likeness (QED) is 0.683. The van der Waals surface area contributed by atoms with E-state index in [1.807, 2.05) is 0 Å². The van der Waals surface area contributed by atoms with Gasteiger partial charge in [-0.2, -0.15) is 0 Å². The monoisotopic (exact) mass is 366 g/mol. The summed E-state index contributed by atoms with van der Waals surface area (Å²) >= 11 is 0. The number of rotatable bonds is 3. The molecule has 9 heteroatoms. The number of nitrogens with one attached hydrogen (secondary N) is 1. The van der Waals surface area contributed by atoms with Crippen LogP contribution in [0.3, 0.4) is 0 Å². The van der Waals surface area contributed by atoms with E-state index in [4.69, 9.17) is 4.74 Å². The average Bonchev–Trinajstić information content (AvgIpc) is 3.09. The lowest BCUT2D eigenvalue weighted by molar-refractivity contribution is -0.141. The van der Waals surface area contributed by atoms with E-state index in [2.05, 4.69) is 5.32 Å². The molecule has 26 heavy (non-hydrogen) atoms. The second-order valence-electron chi connectivity index (χ2n) is 7.51. The molecule has 0 saturated carbocycles. The molecule has 3 aliphatic rings. The van der Waals surface area contributed by atoms with E-state index < -0.39 is 17.5 Å². The van der Waals surface area contributed by atoms with E-state index in [1.54, 1.807) is 23.6 Å². The topological polar surface area (TPSA) is 99.3 Å². The molecule has 3 saturated heterocycles. The Bertz CT molecular complexity index is 614. The van der Waals surface area contributed by atoms with E-state index in [0.29, 0.717) is 39.2 Å². The summed E-state index contributed by atoms with van der Waals surface area (Å²) in [4.78, 5) is 53.5. The van der Waals surface area contributed by atoms with Gasteiger partial charge in [0.2, 0.25) is 5.91 Å². The largest absolute Gasteiger partial charge is 0.368 e. The Labute approximate surface area is 152 Å². The molecule has 1 unspecified atom stereocenters. The third-order valence-corrected chi connectivity index (χ3v) is 5.10. The average molecular weight is 366 g/mol. The number of carbonyl (C=O) groups is 4. The molecular weight excluding hydrogens is 340 g/mol. The molecular formula is C17H26N4O5. The van der Waals surface area contributed by atoms with Crippen LogP contribution in [0.25, 0.3) is 0 Å². The van der Waals surface area contributed by atoms with Crippen molar-refractivity contribution in [2.75, 3.05) is 39.3 Å².